The molecular weight excluding hydrogens is 520 g/mol. The second-order valence-corrected chi connectivity index (χ2v) is 12.4. The van der Waals surface area contributed by atoms with Crippen LogP contribution in [0.4, 0.5) is 0 Å². The Morgan fingerprint density at radius 1 is 0.975 bits per heavy atom. The molecule has 0 aliphatic carbocycles. The summed E-state index contributed by atoms with van der Waals surface area (Å²) in [4.78, 5) is 15.9. The Kier molecular flexibility index (Phi) is 9.66. The van der Waals surface area contributed by atoms with Gasteiger partial charge in [-0.15, -0.1) is 0 Å². The zero-order valence-corrected chi connectivity index (χ0v) is 24.4. The minimum absolute atomic E-state index is 0.000250. The molecule has 3 aromatic carbocycles. The molecular formula is C32H40N4O3S. The first-order valence-corrected chi connectivity index (χ1v) is 15.2. The molecule has 7 nitrogen and oxygen atoms in total. The van der Waals surface area contributed by atoms with Gasteiger partial charge in [0.25, 0.3) is 0 Å². The highest BCUT2D eigenvalue weighted by Gasteiger charge is 2.44. The molecule has 2 N–H and O–H groups in total. The Balaban J connectivity index is 1.55. The number of benzene rings is 3. The summed E-state index contributed by atoms with van der Waals surface area (Å²) in [6.45, 7) is 1.83. The molecule has 40 heavy (non-hydrogen) atoms. The van der Waals surface area contributed by atoms with E-state index in [1.54, 1.807) is 38.4 Å². The van der Waals surface area contributed by atoms with E-state index in [2.05, 4.69) is 27.7 Å². The molecule has 1 heterocycles. The molecule has 0 unspecified atom stereocenters. The number of rotatable bonds is 11. The highest BCUT2D eigenvalue weighted by Crippen LogP contribution is 2.40. The van der Waals surface area contributed by atoms with E-state index in [-0.39, 0.29) is 11.8 Å². The second-order valence-electron chi connectivity index (χ2n) is 10.4. The average molecular weight is 561 g/mol. The predicted octanol–water partition coefficient (Wildman–Crippen LogP) is 4.32. The van der Waals surface area contributed by atoms with Crippen LogP contribution in [0.5, 0.6) is 0 Å². The predicted molar refractivity (Wildman–Crippen MR) is 160 cm³/mol. The number of hydrogen-bond acceptors (Lipinski definition) is 5. The van der Waals surface area contributed by atoms with E-state index in [1.165, 1.54) is 4.31 Å². The summed E-state index contributed by atoms with van der Waals surface area (Å²) < 4.78 is 28.1. The maximum atomic E-state index is 13.3. The molecule has 0 saturated carbocycles. The summed E-state index contributed by atoms with van der Waals surface area (Å²) in [5, 5.41) is 6.09. The summed E-state index contributed by atoms with van der Waals surface area (Å²) in [6.07, 6.45) is 4.02. The number of piperidine rings is 1. The van der Waals surface area contributed by atoms with Gasteiger partial charge in [0.1, 0.15) is 0 Å². The molecule has 1 saturated heterocycles. The van der Waals surface area contributed by atoms with Crippen LogP contribution in [0.2, 0.25) is 0 Å². The molecule has 1 aliphatic rings. The van der Waals surface area contributed by atoms with E-state index in [0.29, 0.717) is 24.3 Å². The van der Waals surface area contributed by atoms with E-state index in [9.17, 15) is 13.2 Å². The van der Waals surface area contributed by atoms with Gasteiger partial charge >= 0.3 is 0 Å². The third kappa shape index (κ3) is 6.40. The van der Waals surface area contributed by atoms with Gasteiger partial charge < -0.3 is 15.5 Å². The number of allylic oxidation sites excluding steroid dienone is 1. The third-order valence-electron chi connectivity index (χ3n) is 7.94. The van der Waals surface area contributed by atoms with Crippen molar-refractivity contribution in [3.05, 3.63) is 114 Å². The van der Waals surface area contributed by atoms with Crippen LogP contribution < -0.4 is 10.6 Å². The maximum Gasteiger partial charge on any atom is 0.242 e. The minimum atomic E-state index is -3.61. The fourth-order valence-corrected chi connectivity index (χ4v) is 6.93. The lowest BCUT2D eigenvalue weighted by atomic mass is 9.71. The SMILES string of the molecule is CNC=C1C[C@](C(=O)NC)(c2ccccc2)CCN1CC[C@@H](CN(C)S(=O)(=O)c1ccccc1)c1ccccc1. The summed E-state index contributed by atoms with van der Waals surface area (Å²) in [5.74, 6) is 0.0236. The van der Waals surface area contributed by atoms with Crippen molar-refractivity contribution in [2.45, 2.75) is 35.5 Å². The highest BCUT2D eigenvalue weighted by atomic mass is 32.2. The number of hydrogen-bond donors (Lipinski definition) is 2. The molecule has 3 aromatic rings. The van der Waals surface area contributed by atoms with Crippen molar-refractivity contribution in [3.63, 3.8) is 0 Å². The monoisotopic (exact) mass is 560 g/mol. The number of amides is 1. The first kappa shape index (κ1) is 29.4. The zero-order valence-electron chi connectivity index (χ0n) is 23.6. The Bertz CT molecular complexity index is 1380. The molecule has 2 atom stereocenters. The summed E-state index contributed by atoms with van der Waals surface area (Å²) in [7, 11) is 1.62. The number of nitrogens with zero attached hydrogens (tertiary/aromatic N) is 2. The van der Waals surface area contributed by atoms with Gasteiger partial charge in [0.05, 0.1) is 10.3 Å². The van der Waals surface area contributed by atoms with E-state index >= 15 is 0 Å². The number of nitrogens with one attached hydrogen (secondary N) is 2. The maximum absolute atomic E-state index is 13.3. The van der Waals surface area contributed by atoms with E-state index in [4.69, 9.17) is 0 Å². The van der Waals surface area contributed by atoms with Crippen LogP contribution in [-0.2, 0) is 20.2 Å². The van der Waals surface area contributed by atoms with Crippen molar-refractivity contribution >= 4 is 15.9 Å². The normalized spacial score (nSPS) is 19.4. The number of carbonyl (C=O) groups excluding carboxylic acids is 1. The zero-order chi connectivity index (χ0) is 28.6. The van der Waals surface area contributed by atoms with Gasteiger partial charge in [0.15, 0.2) is 0 Å². The number of carbonyl (C=O) groups is 1. The first-order valence-electron chi connectivity index (χ1n) is 13.8. The van der Waals surface area contributed by atoms with Gasteiger partial charge in [-0.05, 0) is 42.0 Å². The van der Waals surface area contributed by atoms with Crippen LogP contribution in [0.3, 0.4) is 0 Å². The highest BCUT2D eigenvalue weighted by molar-refractivity contribution is 7.89. The molecule has 8 heteroatoms. The first-order chi connectivity index (χ1) is 19.3. The van der Waals surface area contributed by atoms with Gasteiger partial charge in [-0.25, -0.2) is 12.7 Å². The molecule has 1 amide bonds. The Morgan fingerprint density at radius 2 is 1.57 bits per heavy atom. The van der Waals surface area contributed by atoms with Gasteiger partial charge in [-0.3, -0.25) is 4.79 Å². The van der Waals surface area contributed by atoms with Gasteiger partial charge in [-0.1, -0.05) is 78.9 Å². The topological polar surface area (TPSA) is 81.8 Å². The quantitative estimate of drug-likeness (QED) is 0.365. The van der Waals surface area contributed by atoms with Gasteiger partial charge in [0, 0.05) is 59.1 Å². The van der Waals surface area contributed by atoms with Crippen LogP contribution in [-0.4, -0.2) is 64.3 Å². The second kappa shape index (κ2) is 13.2. The van der Waals surface area contributed by atoms with Crippen molar-refractivity contribution in [2.24, 2.45) is 0 Å². The summed E-state index contributed by atoms with van der Waals surface area (Å²) in [5.41, 5.74) is 2.56. The molecule has 1 aliphatic heterocycles. The number of likely N-dealkylation sites (tertiary alicyclic amines) is 1. The summed E-state index contributed by atoms with van der Waals surface area (Å²) in [6, 6.07) is 28.7. The van der Waals surface area contributed by atoms with E-state index < -0.39 is 15.4 Å². The molecule has 0 aromatic heterocycles. The van der Waals surface area contributed by atoms with Crippen molar-refractivity contribution in [2.75, 3.05) is 40.8 Å². The largest absolute Gasteiger partial charge is 0.393 e. The van der Waals surface area contributed by atoms with Gasteiger partial charge in [-0.2, -0.15) is 0 Å². The molecule has 0 spiro atoms. The molecule has 0 radical (unpaired) electrons. The van der Waals surface area contributed by atoms with Crippen molar-refractivity contribution in [1.82, 2.24) is 19.8 Å². The molecule has 0 bridgehead atoms. The lowest BCUT2D eigenvalue weighted by Crippen LogP contribution is -2.50. The van der Waals surface area contributed by atoms with Crippen LogP contribution in [0.1, 0.15) is 36.3 Å². The van der Waals surface area contributed by atoms with Crippen molar-refractivity contribution in [1.29, 1.82) is 0 Å². The summed E-state index contributed by atoms with van der Waals surface area (Å²) >= 11 is 0. The molecule has 212 valence electrons. The van der Waals surface area contributed by atoms with Crippen LogP contribution in [0.25, 0.3) is 0 Å². The van der Waals surface area contributed by atoms with Crippen LogP contribution in [0.15, 0.2) is 108 Å². The Hall–Kier alpha value is -3.62. The third-order valence-corrected chi connectivity index (χ3v) is 9.78. The molecule has 4 rings (SSSR count). The minimum Gasteiger partial charge on any atom is -0.393 e. The fraction of sp³-hybridized carbons (Fsp3) is 0.344. The van der Waals surface area contributed by atoms with Crippen LogP contribution in [0, 0.1) is 0 Å². The molecule has 1 fully saturated rings. The van der Waals surface area contributed by atoms with E-state index in [1.807, 2.05) is 67.8 Å². The fourth-order valence-electron chi connectivity index (χ4n) is 5.69. The average Bonchev–Trinajstić information content (AvgIpc) is 3.00. The van der Waals surface area contributed by atoms with E-state index in [0.717, 1.165) is 36.3 Å². The lowest BCUT2D eigenvalue weighted by molar-refractivity contribution is -0.127. The smallest absolute Gasteiger partial charge is 0.242 e. The Labute approximate surface area is 239 Å². The van der Waals surface area contributed by atoms with Crippen LogP contribution >= 0.6 is 0 Å². The number of likely N-dealkylation sites (N-methyl/N-ethyl adjacent to an activating group) is 2. The number of sulfonamides is 1. The van der Waals surface area contributed by atoms with Gasteiger partial charge in [0.2, 0.25) is 15.9 Å². The van der Waals surface area contributed by atoms with Crippen molar-refractivity contribution in [3.8, 4) is 0 Å². The Morgan fingerprint density at radius 3 is 2.17 bits per heavy atom. The standard InChI is InChI=1S/C32H40N4O3S/c1-33-24-29-23-32(31(37)34-2,28-15-9-5-10-16-28)20-22-36(29)21-19-27(26-13-7-4-8-14-26)25-35(3)40(38,39)30-17-11-6-12-18-30/h4-18,24,27,33H,19-23,25H2,1-3H3,(H,34,37)/t27-,32-/m0/s1. The lowest BCUT2D eigenvalue weighted by Gasteiger charge is -2.43. The van der Waals surface area contributed by atoms with Crippen molar-refractivity contribution < 1.29 is 13.2 Å².